The van der Waals surface area contributed by atoms with Crippen LogP contribution < -0.4 is 16.0 Å². The summed E-state index contributed by atoms with van der Waals surface area (Å²) in [4.78, 5) is 23.3. The van der Waals surface area contributed by atoms with Gasteiger partial charge in [-0.05, 0) is 16.7 Å². The number of aliphatic hydroxyl groups excluding tert-OH is 1. The topological polar surface area (TPSA) is 129 Å². The summed E-state index contributed by atoms with van der Waals surface area (Å²) in [6, 6.07) is 29.8. The minimum atomic E-state index is -1.57. The third-order valence-corrected chi connectivity index (χ3v) is 5.87. The summed E-state index contributed by atoms with van der Waals surface area (Å²) in [6.07, 6.45) is -1.43. The lowest BCUT2D eigenvalue weighted by atomic mass is 9.77. The van der Waals surface area contributed by atoms with E-state index in [1.807, 2.05) is 96.3 Å². The van der Waals surface area contributed by atoms with Gasteiger partial charge in [-0.2, -0.15) is 5.10 Å². The highest BCUT2D eigenvalue weighted by Gasteiger charge is 2.38. The van der Waals surface area contributed by atoms with E-state index in [1.54, 1.807) is 11.7 Å². The third kappa shape index (κ3) is 5.06. The average molecular weight is 486 g/mol. The van der Waals surface area contributed by atoms with Gasteiger partial charge in [-0.1, -0.05) is 91.0 Å². The van der Waals surface area contributed by atoms with E-state index >= 15 is 0 Å². The van der Waals surface area contributed by atoms with Gasteiger partial charge in [0.2, 0.25) is 0 Å². The Balaban J connectivity index is 1.80. The van der Waals surface area contributed by atoms with Crippen molar-refractivity contribution in [3.05, 3.63) is 114 Å². The molecule has 2 amide bonds. The molecule has 0 radical (unpaired) electrons. The van der Waals surface area contributed by atoms with Crippen LogP contribution in [-0.4, -0.2) is 44.6 Å². The highest BCUT2D eigenvalue weighted by atomic mass is 16.4. The Hall–Kier alpha value is -4.63. The largest absolute Gasteiger partial charge is 0.465 e. The van der Waals surface area contributed by atoms with E-state index in [4.69, 9.17) is 5.11 Å². The van der Waals surface area contributed by atoms with Crippen molar-refractivity contribution in [2.24, 2.45) is 7.05 Å². The Kier molecular flexibility index (Phi) is 7.31. The molecule has 184 valence electrons. The normalized spacial score (nSPS) is 11.9. The van der Waals surface area contributed by atoms with Crippen LogP contribution in [-0.2, 0) is 17.4 Å². The van der Waals surface area contributed by atoms with E-state index in [9.17, 15) is 14.7 Å². The SMILES string of the molecule is Cn1ncc(NC(=O)C(O)CNC(=O)O)c1NC(c1ccccc1)(c1ccccc1)c1ccccc1. The van der Waals surface area contributed by atoms with E-state index in [0.717, 1.165) is 16.7 Å². The number of rotatable bonds is 9. The molecule has 0 aliphatic heterocycles. The van der Waals surface area contributed by atoms with Gasteiger partial charge in [0.1, 0.15) is 23.1 Å². The molecule has 0 bridgehead atoms. The first-order chi connectivity index (χ1) is 17.4. The van der Waals surface area contributed by atoms with Crippen LogP contribution in [0.2, 0.25) is 0 Å². The molecule has 0 aliphatic carbocycles. The van der Waals surface area contributed by atoms with Gasteiger partial charge < -0.3 is 26.2 Å². The molecule has 0 saturated carbocycles. The minimum Gasteiger partial charge on any atom is -0.465 e. The van der Waals surface area contributed by atoms with Crippen LogP contribution in [0.1, 0.15) is 16.7 Å². The number of nitrogens with one attached hydrogen (secondary N) is 3. The van der Waals surface area contributed by atoms with Crippen molar-refractivity contribution in [1.29, 1.82) is 0 Å². The summed E-state index contributed by atoms with van der Waals surface area (Å²) < 4.78 is 1.60. The predicted octanol–water partition coefficient (Wildman–Crippen LogP) is 3.39. The van der Waals surface area contributed by atoms with Crippen molar-refractivity contribution in [2.75, 3.05) is 17.2 Å². The van der Waals surface area contributed by atoms with E-state index in [0.29, 0.717) is 11.5 Å². The lowest BCUT2D eigenvalue weighted by molar-refractivity contribution is -0.123. The standard InChI is InChI=1S/C27H27N5O4/c1-32-24(22(17-29-32)30-25(34)23(33)18-28-26(35)36)31-27(19-11-5-2-6-12-19,20-13-7-3-8-14-20)21-15-9-4-10-16-21/h2-17,23,28,31,33H,18H2,1H3,(H,30,34)(H,35,36). The summed E-state index contributed by atoms with van der Waals surface area (Å²) in [7, 11) is 1.74. The van der Waals surface area contributed by atoms with Crippen LogP contribution >= 0.6 is 0 Å². The van der Waals surface area contributed by atoms with E-state index in [1.165, 1.54) is 6.20 Å². The molecule has 0 saturated heterocycles. The number of aryl methyl sites for hydroxylation is 1. The molecule has 36 heavy (non-hydrogen) atoms. The zero-order chi connectivity index (χ0) is 25.5. The monoisotopic (exact) mass is 485 g/mol. The molecule has 1 unspecified atom stereocenters. The van der Waals surface area contributed by atoms with Gasteiger partial charge in [0.05, 0.1) is 12.7 Å². The molecule has 1 aromatic heterocycles. The zero-order valence-corrected chi connectivity index (χ0v) is 19.6. The Bertz CT molecular complexity index is 1210. The highest BCUT2D eigenvalue weighted by Crippen LogP contribution is 2.41. The van der Waals surface area contributed by atoms with E-state index < -0.39 is 30.2 Å². The smallest absolute Gasteiger partial charge is 0.404 e. The number of hydrogen-bond acceptors (Lipinski definition) is 5. The van der Waals surface area contributed by atoms with Crippen LogP contribution in [0.4, 0.5) is 16.3 Å². The number of nitrogens with zero attached hydrogens (tertiary/aromatic N) is 2. The number of anilines is 2. The number of aromatic nitrogens is 2. The predicted molar refractivity (Wildman–Crippen MR) is 137 cm³/mol. The molecule has 4 rings (SSSR count). The van der Waals surface area contributed by atoms with Crippen molar-refractivity contribution in [1.82, 2.24) is 15.1 Å². The first kappa shape index (κ1) is 24.5. The van der Waals surface area contributed by atoms with Gasteiger partial charge in [0.25, 0.3) is 5.91 Å². The lowest BCUT2D eigenvalue weighted by Crippen LogP contribution is -2.40. The van der Waals surface area contributed by atoms with Gasteiger partial charge in [0.15, 0.2) is 0 Å². The highest BCUT2D eigenvalue weighted by molar-refractivity contribution is 5.96. The number of carbonyl (C=O) groups is 2. The number of aliphatic hydroxyl groups is 1. The van der Waals surface area contributed by atoms with Crippen LogP contribution in [0, 0.1) is 0 Å². The number of carboxylic acid groups (broad SMARTS) is 1. The fraction of sp³-hybridized carbons (Fsp3) is 0.148. The Morgan fingerprint density at radius 1 is 0.889 bits per heavy atom. The Morgan fingerprint density at radius 3 is 1.81 bits per heavy atom. The molecule has 1 atom stereocenters. The number of carbonyl (C=O) groups excluding carboxylic acids is 1. The minimum absolute atomic E-state index is 0.337. The van der Waals surface area contributed by atoms with Crippen LogP contribution in [0.5, 0.6) is 0 Å². The van der Waals surface area contributed by atoms with Crippen LogP contribution in [0.15, 0.2) is 97.2 Å². The second kappa shape index (κ2) is 10.7. The van der Waals surface area contributed by atoms with Crippen LogP contribution in [0.3, 0.4) is 0 Å². The molecule has 9 nitrogen and oxygen atoms in total. The zero-order valence-electron chi connectivity index (χ0n) is 19.6. The fourth-order valence-electron chi connectivity index (χ4n) is 4.13. The van der Waals surface area contributed by atoms with Crippen molar-refractivity contribution < 1.29 is 19.8 Å². The van der Waals surface area contributed by atoms with Crippen LogP contribution in [0.25, 0.3) is 0 Å². The van der Waals surface area contributed by atoms with Crippen molar-refractivity contribution in [3.8, 4) is 0 Å². The molecule has 0 spiro atoms. The van der Waals surface area contributed by atoms with E-state index in [-0.39, 0.29) is 0 Å². The summed E-state index contributed by atoms with van der Waals surface area (Å²) in [5.41, 5.74) is 2.37. The first-order valence-corrected chi connectivity index (χ1v) is 11.3. The van der Waals surface area contributed by atoms with E-state index in [2.05, 4.69) is 15.7 Å². The molecular weight excluding hydrogens is 458 g/mol. The molecule has 3 aromatic carbocycles. The maximum absolute atomic E-state index is 12.6. The summed E-state index contributed by atoms with van der Waals surface area (Å²) in [5.74, 6) is -0.261. The summed E-state index contributed by atoms with van der Waals surface area (Å²) >= 11 is 0. The summed E-state index contributed by atoms with van der Waals surface area (Å²) in [6.45, 7) is -0.438. The van der Waals surface area contributed by atoms with Crippen molar-refractivity contribution in [2.45, 2.75) is 11.6 Å². The van der Waals surface area contributed by atoms with Crippen molar-refractivity contribution in [3.63, 3.8) is 0 Å². The molecule has 0 fully saturated rings. The lowest BCUT2D eigenvalue weighted by Gasteiger charge is -2.38. The quantitative estimate of drug-likeness (QED) is 0.231. The molecule has 4 aromatic rings. The van der Waals surface area contributed by atoms with Gasteiger partial charge >= 0.3 is 6.09 Å². The first-order valence-electron chi connectivity index (χ1n) is 11.3. The Morgan fingerprint density at radius 2 is 1.36 bits per heavy atom. The molecule has 0 aliphatic rings. The number of hydrogen-bond donors (Lipinski definition) is 5. The van der Waals surface area contributed by atoms with Crippen molar-refractivity contribution >= 4 is 23.5 Å². The van der Waals surface area contributed by atoms with Gasteiger partial charge in [-0.25, -0.2) is 4.79 Å². The molecule has 9 heteroatoms. The second-order valence-corrected chi connectivity index (χ2v) is 8.19. The average Bonchev–Trinajstić information content (AvgIpc) is 3.25. The summed E-state index contributed by atoms with van der Waals surface area (Å²) in [5, 5.41) is 31.5. The molecule has 1 heterocycles. The second-order valence-electron chi connectivity index (χ2n) is 8.19. The van der Waals surface area contributed by atoms with Gasteiger partial charge in [-0.3, -0.25) is 9.48 Å². The molecular formula is C27H27N5O4. The maximum Gasteiger partial charge on any atom is 0.404 e. The number of amides is 2. The third-order valence-electron chi connectivity index (χ3n) is 5.87. The maximum atomic E-state index is 12.6. The van der Waals surface area contributed by atoms with Gasteiger partial charge in [-0.15, -0.1) is 0 Å². The van der Waals surface area contributed by atoms with Gasteiger partial charge in [0, 0.05) is 7.05 Å². The Labute approximate surface area is 208 Å². The molecule has 5 N–H and O–H groups in total. The fourth-order valence-corrected chi connectivity index (χ4v) is 4.13. The number of benzene rings is 3.